The quantitative estimate of drug-likeness (QED) is 0.544. The lowest BCUT2D eigenvalue weighted by molar-refractivity contribution is 0.153. The minimum atomic E-state index is -0.169. The van der Waals surface area contributed by atoms with Crippen molar-refractivity contribution in [2.24, 2.45) is 5.92 Å². The molecule has 3 aromatic rings. The van der Waals surface area contributed by atoms with Gasteiger partial charge in [-0.3, -0.25) is 4.90 Å². The van der Waals surface area contributed by atoms with Crippen molar-refractivity contribution in [3.63, 3.8) is 0 Å². The van der Waals surface area contributed by atoms with Crippen molar-refractivity contribution in [1.29, 1.82) is 0 Å². The van der Waals surface area contributed by atoms with Gasteiger partial charge in [-0.15, -0.1) is 5.10 Å². The molecule has 1 aromatic heterocycles. The van der Waals surface area contributed by atoms with E-state index in [9.17, 15) is 4.39 Å². The Bertz CT molecular complexity index is 1100. The van der Waals surface area contributed by atoms with Gasteiger partial charge in [-0.25, -0.2) is 9.07 Å². The highest BCUT2D eigenvalue weighted by molar-refractivity contribution is 5.48. The Morgan fingerprint density at radius 1 is 1.00 bits per heavy atom. The molecule has 1 atom stereocenters. The van der Waals surface area contributed by atoms with Crippen LogP contribution in [0.4, 0.5) is 10.1 Å². The van der Waals surface area contributed by atoms with Gasteiger partial charge in [-0.2, -0.15) is 0 Å². The van der Waals surface area contributed by atoms with E-state index in [-0.39, 0.29) is 18.7 Å². The average molecular weight is 453 g/mol. The largest absolute Gasteiger partial charge is 0.454 e. The van der Waals surface area contributed by atoms with E-state index in [4.69, 9.17) is 9.47 Å². The monoisotopic (exact) mass is 452 g/mol. The molecular weight excluding hydrogens is 423 g/mol. The van der Waals surface area contributed by atoms with Gasteiger partial charge in [-0.05, 0) is 52.6 Å². The molecule has 2 aromatic carbocycles. The summed E-state index contributed by atoms with van der Waals surface area (Å²) >= 11 is 0. The molecular formula is C24H29FN6O2. The number of tetrazole rings is 1. The van der Waals surface area contributed by atoms with E-state index in [1.165, 1.54) is 6.07 Å². The van der Waals surface area contributed by atoms with E-state index < -0.39 is 0 Å². The number of nitrogens with zero attached hydrogens (tertiary/aromatic N) is 6. The van der Waals surface area contributed by atoms with E-state index >= 15 is 0 Å². The molecule has 3 heterocycles. The van der Waals surface area contributed by atoms with Gasteiger partial charge in [0.15, 0.2) is 17.3 Å². The second kappa shape index (κ2) is 9.35. The van der Waals surface area contributed by atoms with E-state index in [1.54, 1.807) is 6.07 Å². The second-order valence-corrected chi connectivity index (χ2v) is 9.00. The van der Waals surface area contributed by atoms with Crippen LogP contribution in [-0.2, 0) is 6.54 Å². The van der Waals surface area contributed by atoms with Crippen LogP contribution in [0.25, 0.3) is 0 Å². The fourth-order valence-corrected chi connectivity index (χ4v) is 4.62. The van der Waals surface area contributed by atoms with Crippen LogP contribution in [0.5, 0.6) is 11.5 Å². The first-order chi connectivity index (χ1) is 16.1. The average Bonchev–Trinajstić information content (AvgIpc) is 3.47. The zero-order chi connectivity index (χ0) is 22.8. The van der Waals surface area contributed by atoms with E-state index in [0.717, 1.165) is 55.5 Å². The molecule has 0 N–H and O–H groups in total. The van der Waals surface area contributed by atoms with Crippen molar-refractivity contribution >= 4 is 5.69 Å². The smallest absolute Gasteiger partial charge is 0.231 e. The van der Waals surface area contributed by atoms with Crippen molar-refractivity contribution in [2.75, 3.05) is 37.9 Å². The van der Waals surface area contributed by atoms with Gasteiger partial charge in [0.25, 0.3) is 0 Å². The number of anilines is 1. The Kier molecular flexibility index (Phi) is 6.13. The van der Waals surface area contributed by atoms with Gasteiger partial charge in [0.1, 0.15) is 5.82 Å². The zero-order valence-corrected chi connectivity index (χ0v) is 19.0. The third-order valence-electron chi connectivity index (χ3n) is 6.27. The summed E-state index contributed by atoms with van der Waals surface area (Å²) in [5, 5.41) is 12.7. The van der Waals surface area contributed by atoms with Crippen molar-refractivity contribution in [1.82, 2.24) is 25.1 Å². The number of ether oxygens (including phenoxy) is 2. The van der Waals surface area contributed by atoms with E-state index in [1.807, 2.05) is 35.0 Å². The molecule has 9 heteroatoms. The Morgan fingerprint density at radius 3 is 2.58 bits per heavy atom. The third-order valence-corrected chi connectivity index (χ3v) is 6.27. The summed E-state index contributed by atoms with van der Waals surface area (Å²) < 4.78 is 27.1. The predicted molar refractivity (Wildman–Crippen MR) is 122 cm³/mol. The predicted octanol–water partition coefficient (Wildman–Crippen LogP) is 3.50. The highest BCUT2D eigenvalue weighted by Gasteiger charge is 2.30. The number of hydrogen-bond acceptors (Lipinski definition) is 7. The Labute approximate surface area is 192 Å². The highest BCUT2D eigenvalue weighted by atomic mass is 19.1. The summed E-state index contributed by atoms with van der Waals surface area (Å²) in [7, 11) is 0. The van der Waals surface area contributed by atoms with Crippen LogP contribution in [0.15, 0.2) is 42.5 Å². The molecule has 33 heavy (non-hydrogen) atoms. The molecule has 8 nitrogen and oxygen atoms in total. The molecule has 2 aliphatic rings. The number of hydrogen-bond donors (Lipinski definition) is 0. The second-order valence-electron chi connectivity index (χ2n) is 9.00. The lowest BCUT2D eigenvalue weighted by Crippen LogP contribution is -2.48. The number of piperazine rings is 1. The van der Waals surface area contributed by atoms with Crippen LogP contribution in [0.1, 0.15) is 37.7 Å². The summed E-state index contributed by atoms with van der Waals surface area (Å²) in [6.45, 7) is 8.42. The third kappa shape index (κ3) is 4.64. The number of rotatable bonds is 7. The van der Waals surface area contributed by atoms with E-state index in [0.29, 0.717) is 18.2 Å². The Hall–Kier alpha value is -3.20. The van der Waals surface area contributed by atoms with Crippen LogP contribution in [0.2, 0.25) is 0 Å². The molecule has 0 aliphatic carbocycles. The van der Waals surface area contributed by atoms with Crippen LogP contribution in [-0.4, -0.2) is 58.1 Å². The Balaban J connectivity index is 1.33. The fraction of sp³-hybridized carbons (Fsp3) is 0.458. The summed E-state index contributed by atoms with van der Waals surface area (Å²) in [6.07, 6.45) is 0.946. The maximum absolute atomic E-state index is 14.3. The van der Waals surface area contributed by atoms with Crippen LogP contribution >= 0.6 is 0 Å². The summed E-state index contributed by atoms with van der Waals surface area (Å²) in [6, 6.07) is 13.0. The SMILES string of the molecule is CC(C)CC(c1nnnn1Cc1ccc2c(c1)OCO2)N1CCN(c2ccccc2F)CC1. The fourth-order valence-electron chi connectivity index (χ4n) is 4.62. The normalized spacial score (nSPS) is 17.0. The van der Waals surface area contributed by atoms with Crippen molar-refractivity contribution in [3.8, 4) is 11.5 Å². The summed E-state index contributed by atoms with van der Waals surface area (Å²) in [5.41, 5.74) is 1.73. The summed E-state index contributed by atoms with van der Waals surface area (Å²) in [4.78, 5) is 4.55. The van der Waals surface area contributed by atoms with Crippen molar-refractivity contribution in [2.45, 2.75) is 32.9 Å². The molecule has 1 saturated heterocycles. The lowest BCUT2D eigenvalue weighted by atomic mass is 10.0. The van der Waals surface area contributed by atoms with Gasteiger partial charge in [0.05, 0.1) is 18.3 Å². The first-order valence-electron chi connectivity index (χ1n) is 11.5. The van der Waals surface area contributed by atoms with Crippen LogP contribution in [0, 0.1) is 11.7 Å². The number of fused-ring (bicyclic) bond motifs is 1. The Morgan fingerprint density at radius 2 is 1.79 bits per heavy atom. The molecule has 174 valence electrons. The molecule has 1 fully saturated rings. The highest BCUT2D eigenvalue weighted by Crippen LogP contribution is 2.33. The minimum absolute atomic E-state index is 0.0942. The van der Waals surface area contributed by atoms with Gasteiger partial charge >= 0.3 is 0 Å². The van der Waals surface area contributed by atoms with E-state index in [2.05, 4.69) is 39.2 Å². The number of benzene rings is 2. The van der Waals surface area contributed by atoms with Crippen LogP contribution < -0.4 is 14.4 Å². The summed E-state index contributed by atoms with van der Waals surface area (Å²) in [5.74, 6) is 2.69. The first kappa shape index (κ1) is 21.6. The molecule has 0 spiro atoms. The molecule has 0 radical (unpaired) electrons. The lowest BCUT2D eigenvalue weighted by Gasteiger charge is -2.40. The zero-order valence-electron chi connectivity index (χ0n) is 19.0. The molecule has 0 amide bonds. The van der Waals surface area contributed by atoms with Crippen LogP contribution in [0.3, 0.4) is 0 Å². The molecule has 2 aliphatic heterocycles. The van der Waals surface area contributed by atoms with Gasteiger partial charge in [-0.1, -0.05) is 32.0 Å². The number of para-hydroxylation sites is 1. The maximum atomic E-state index is 14.3. The maximum Gasteiger partial charge on any atom is 0.231 e. The molecule has 0 saturated carbocycles. The van der Waals surface area contributed by atoms with Gasteiger partial charge < -0.3 is 14.4 Å². The van der Waals surface area contributed by atoms with Crippen molar-refractivity contribution < 1.29 is 13.9 Å². The molecule has 0 bridgehead atoms. The standard InChI is InChI=1S/C24H29FN6O2/c1-17(2)13-21(30-11-9-29(10-12-30)20-6-4-3-5-19(20)25)24-26-27-28-31(24)15-18-7-8-22-23(14-18)33-16-32-22/h3-8,14,17,21H,9-13,15-16H2,1-2H3. The topological polar surface area (TPSA) is 68.5 Å². The number of aromatic nitrogens is 4. The van der Waals surface area contributed by atoms with Gasteiger partial charge in [0.2, 0.25) is 6.79 Å². The van der Waals surface area contributed by atoms with Crippen molar-refractivity contribution in [3.05, 3.63) is 59.7 Å². The van der Waals surface area contributed by atoms with Gasteiger partial charge in [0, 0.05) is 26.2 Å². The minimum Gasteiger partial charge on any atom is -0.454 e. The molecule has 5 rings (SSSR count). The molecule has 1 unspecified atom stereocenters. The number of halogens is 1. The first-order valence-corrected chi connectivity index (χ1v) is 11.5.